The third-order valence-electron chi connectivity index (χ3n) is 4.66. The number of benzene rings is 1. The quantitative estimate of drug-likeness (QED) is 0.762. The van der Waals surface area contributed by atoms with Crippen LogP contribution in [0.1, 0.15) is 36.3 Å². The Balaban J connectivity index is 1.99. The Morgan fingerprint density at radius 2 is 1.96 bits per heavy atom. The van der Waals surface area contributed by atoms with Crippen LogP contribution >= 0.6 is 0 Å². The van der Waals surface area contributed by atoms with Gasteiger partial charge in [0.05, 0.1) is 19.1 Å². The van der Waals surface area contributed by atoms with Crippen LogP contribution in [0.4, 0.5) is 13.2 Å². The van der Waals surface area contributed by atoms with Crippen molar-refractivity contribution in [1.29, 1.82) is 0 Å². The highest BCUT2D eigenvalue weighted by Crippen LogP contribution is 2.38. The summed E-state index contributed by atoms with van der Waals surface area (Å²) in [7, 11) is 0. The second-order valence-electron chi connectivity index (χ2n) is 6.66. The first kappa shape index (κ1) is 19.2. The molecule has 3 rings (SSSR count). The molecule has 2 aromatic rings. The maximum atomic E-state index is 13.3. The van der Waals surface area contributed by atoms with Gasteiger partial charge in [0.2, 0.25) is 0 Å². The number of aryl methyl sites for hydroxylation is 1. The summed E-state index contributed by atoms with van der Waals surface area (Å²) in [6.07, 6.45) is -5.44. The van der Waals surface area contributed by atoms with Gasteiger partial charge in [-0.05, 0) is 25.8 Å². The number of alkyl halides is 3. The summed E-state index contributed by atoms with van der Waals surface area (Å²) in [5.41, 5.74) is 1.23. The van der Waals surface area contributed by atoms with Crippen molar-refractivity contribution in [2.24, 2.45) is 5.92 Å². The van der Waals surface area contributed by atoms with Crippen LogP contribution < -0.4 is 5.69 Å². The van der Waals surface area contributed by atoms with E-state index in [1.165, 1.54) is 0 Å². The number of carbonyl (C=O) groups is 1. The second-order valence-corrected chi connectivity index (χ2v) is 6.66. The van der Waals surface area contributed by atoms with Crippen molar-refractivity contribution in [2.45, 2.75) is 45.5 Å². The Morgan fingerprint density at radius 3 is 2.56 bits per heavy atom. The molecule has 0 aliphatic carbocycles. The summed E-state index contributed by atoms with van der Waals surface area (Å²) in [4.78, 5) is 24.9. The van der Waals surface area contributed by atoms with Gasteiger partial charge in [-0.2, -0.15) is 18.3 Å². The van der Waals surface area contributed by atoms with Crippen LogP contribution in [0.2, 0.25) is 0 Å². The average Bonchev–Trinajstić information content (AvgIpc) is 2.91. The summed E-state index contributed by atoms with van der Waals surface area (Å²) in [6, 6.07) is 6.07. The molecule has 0 saturated carbocycles. The molecule has 2 heterocycles. The first-order chi connectivity index (χ1) is 12.7. The van der Waals surface area contributed by atoms with Crippen molar-refractivity contribution < 1.29 is 22.7 Å². The van der Waals surface area contributed by atoms with Crippen molar-refractivity contribution in [3.63, 3.8) is 0 Å². The maximum absolute atomic E-state index is 13.3. The first-order valence-corrected chi connectivity index (χ1v) is 8.67. The van der Waals surface area contributed by atoms with Crippen LogP contribution in [0.15, 0.2) is 29.1 Å². The van der Waals surface area contributed by atoms with E-state index in [0.29, 0.717) is 0 Å². The van der Waals surface area contributed by atoms with Gasteiger partial charge in [0.1, 0.15) is 11.9 Å². The number of hydrogen-bond acceptors (Lipinski definition) is 4. The Bertz CT molecular complexity index is 884. The first-order valence-electron chi connectivity index (χ1n) is 8.67. The third-order valence-corrected chi connectivity index (χ3v) is 4.66. The highest BCUT2D eigenvalue weighted by Gasteiger charge is 2.47. The lowest BCUT2D eigenvalue weighted by molar-refractivity contribution is -0.184. The molecular weight excluding hydrogens is 363 g/mol. The molecule has 0 N–H and O–H groups in total. The molecule has 27 heavy (non-hydrogen) atoms. The normalized spacial score (nSPS) is 19.6. The lowest BCUT2D eigenvalue weighted by Gasteiger charge is -2.29. The van der Waals surface area contributed by atoms with E-state index in [0.717, 1.165) is 20.4 Å². The lowest BCUT2D eigenvalue weighted by atomic mass is 9.91. The van der Waals surface area contributed by atoms with Crippen LogP contribution in [0.3, 0.4) is 0 Å². The molecule has 0 bridgehead atoms. The molecule has 0 spiro atoms. The van der Waals surface area contributed by atoms with E-state index >= 15 is 0 Å². The van der Waals surface area contributed by atoms with E-state index in [9.17, 15) is 22.8 Å². The Hall–Kier alpha value is -2.58. The van der Waals surface area contributed by atoms with Gasteiger partial charge >= 0.3 is 17.8 Å². The number of hydrogen-bond donors (Lipinski definition) is 0. The van der Waals surface area contributed by atoms with Crippen molar-refractivity contribution in [1.82, 2.24) is 14.3 Å². The van der Waals surface area contributed by atoms with Crippen LogP contribution in [0, 0.1) is 12.8 Å². The number of esters is 1. The molecule has 9 heteroatoms. The minimum absolute atomic E-state index is 0.0214. The Kier molecular flexibility index (Phi) is 5.12. The minimum Gasteiger partial charge on any atom is -0.464 e. The molecule has 1 aliphatic rings. The molecule has 0 amide bonds. The molecule has 1 aromatic heterocycles. The molecule has 0 saturated heterocycles. The van der Waals surface area contributed by atoms with E-state index in [-0.39, 0.29) is 19.0 Å². The van der Waals surface area contributed by atoms with Gasteiger partial charge in [0.15, 0.2) is 0 Å². The number of nitrogens with zero attached hydrogens (tertiary/aromatic N) is 3. The smallest absolute Gasteiger partial charge is 0.392 e. The molecule has 0 radical (unpaired) electrons. The largest absolute Gasteiger partial charge is 0.464 e. The van der Waals surface area contributed by atoms with E-state index in [1.54, 1.807) is 6.92 Å². The second kappa shape index (κ2) is 7.21. The summed E-state index contributed by atoms with van der Waals surface area (Å²) in [6.45, 7) is 3.62. The lowest BCUT2D eigenvalue weighted by Crippen LogP contribution is -2.41. The van der Waals surface area contributed by atoms with Crippen LogP contribution in [-0.4, -0.2) is 33.1 Å². The number of fused-ring (bicyclic) bond motifs is 1. The van der Waals surface area contributed by atoms with Gasteiger partial charge in [0.25, 0.3) is 0 Å². The van der Waals surface area contributed by atoms with Gasteiger partial charge in [-0.3, -0.25) is 4.57 Å². The molecule has 146 valence electrons. The van der Waals surface area contributed by atoms with E-state index in [2.05, 4.69) is 5.10 Å². The monoisotopic (exact) mass is 383 g/mol. The van der Waals surface area contributed by atoms with Crippen molar-refractivity contribution in [2.75, 3.05) is 6.61 Å². The third kappa shape index (κ3) is 3.91. The molecule has 0 fully saturated rings. The van der Waals surface area contributed by atoms with Crippen molar-refractivity contribution in [3.8, 4) is 0 Å². The molecule has 1 aromatic carbocycles. The molecule has 6 nitrogen and oxygen atoms in total. The number of aromatic nitrogens is 3. The summed E-state index contributed by atoms with van der Waals surface area (Å²) in [5.74, 6) is -2.63. The highest BCUT2D eigenvalue weighted by molar-refractivity contribution is 5.74. The number of halogens is 3. The van der Waals surface area contributed by atoms with Crippen molar-refractivity contribution >= 4 is 5.97 Å². The van der Waals surface area contributed by atoms with Gasteiger partial charge in [-0.25, -0.2) is 14.3 Å². The predicted octanol–water partition coefficient (Wildman–Crippen LogP) is 2.63. The van der Waals surface area contributed by atoms with Gasteiger partial charge in [-0.1, -0.05) is 29.8 Å². The number of ether oxygens (including phenoxy) is 1. The summed E-state index contributed by atoms with van der Waals surface area (Å²) in [5, 5.41) is 4.08. The fourth-order valence-electron chi connectivity index (χ4n) is 3.25. The summed E-state index contributed by atoms with van der Waals surface area (Å²) >= 11 is 0. The predicted molar refractivity (Wildman–Crippen MR) is 90.3 cm³/mol. The van der Waals surface area contributed by atoms with Gasteiger partial charge in [0, 0.05) is 6.42 Å². The summed E-state index contributed by atoms with van der Waals surface area (Å²) < 4.78 is 46.9. The van der Waals surface area contributed by atoms with Crippen molar-refractivity contribution in [3.05, 3.63) is 51.7 Å². The molecule has 2 atom stereocenters. The fourth-order valence-corrected chi connectivity index (χ4v) is 3.25. The van der Waals surface area contributed by atoms with E-state index in [4.69, 9.17) is 4.74 Å². The minimum atomic E-state index is -4.48. The number of rotatable bonds is 4. The van der Waals surface area contributed by atoms with Crippen LogP contribution in [0.5, 0.6) is 0 Å². The maximum Gasteiger partial charge on any atom is 0.392 e. The average molecular weight is 383 g/mol. The fraction of sp³-hybridized carbons (Fsp3) is 0.500. The van der Waals surface area contributed by atoms with E-state index in [1.807, 2.05) is 31.2 Å². The SMILES string of the molecule is CCOC(=O)C1CC(C(F)(F)F)Cc2nn(Cc3ccc(C)cc3)c(=O)n21. The Morgan fingerprint density at radius 1 is 1.30 bits per heavy atom. The zero-order chi connectivity index (χ0) is 19.8. The van der Waals surface area contributed by atoms with Gasteiger partial charge in [-0.15, -0.1) is 0 Å². The van der Waals surface area contributed by atoms with Crippen LogP contribution in [-0.2, 0) is 22.5 Å². The van der Waals surface area contributed by atoms with Crippen LogP contribution in [0.25, 0.3) is 0 Å². The topological polar surface area (TPSA) is 66.1 Å². The zero-order valence-corrected chi connectivity index (χ0v) is 15.0. The zero-order valence-electron chi connectivity index (χ0n) is 15.0. The molecule has 1 aliphatic heterocycles. The standard InChI is InChI=1S/C18H20F3N3O3/c1-3-27-16(25)14-8-13(18(19,20)21)9-15-22-23(17(26)24(14)15)10-12-6-4-11(2)5-7-12/h4-7,13-14H,3,8-10H2,1-2H3. The molecular formula is C18H20F3N3O3. The number of carbonyl (C=O) groups excluding carboxylic acids is 1. The van der Waals surface area contributed by atoms with Gasteiger partial charge < -0.3 is 4.74 Å². The molecule has 2 unspecified atom stereocenters. The highest BCUT2D eigenvalue weighted by atomic mass is 19.4. The Labute approximate surface area is 153 Å². The van der Waals surface area contributed by atoms with E-state index < -0.39 is 42.6 Å².